The van der Waals surface area contributed by atoms with E-state index in [0.717, 1.165) is 11.4 Å². The molecule has 0 fully saturated rings. The Bertz CT molecular complexity index is 1190. The van der Waals surface area contributed by atoms with Crippen molar-refractivity contribution >= 4 is 11.6 Å². The fourth-order valence-electron chi connectivity index (χ4n) is 2.97. The van der Waals surface area contributed by atoms with Gasteiger partial charge in [-0.05, 0) is 52.0 Å². The molecule has 0 unspecified atom stereocenters. The molecule has 1 amide bonds. The Kier molecular flexibility index (Phi) is 5.01. The number of hydrogen-bond donors (Lipinski definition) is 1. The van der Waals surface area contributed by atoms with Crippen LogP contribution in [0.25, 0.3) is 5.82 Å². The Labute approximate surface area is 172 Å². The van der Waals surface area contributed by atoms with Crippen LogP contribution < -0.4 is 10.1 Å². The fraction of sp³-hybridized carbons (Fsp3) is 0.190. The number of hydrogen-bond acceptors (Lipinski definition) is 7. The van der Waals surface area contributed by atoms with Crippen LogP contribution >= 0.6 is 0 Å². The Morgan fingerprint density at radius 1 is 1.03 bits per heavy atom. The van der Waals surface area contributed by atoms with Crippen LogP contribution in [0.1, 0.15) is 33.2 Å². The second-order valence-electron chi connectivity index (χ2n) is 6.78. The summed E-state index contributed by atoms with van der Waals surface area (Å²) in [6.07, 6.45) is 3.16. The summed E-state index contributed by atoms with van der Waals surface area (Å²) >= 11 is 0. The largest absolute Gasteiger partial charge is 0.439 e. The highest BCUT2D eigenvalue weighted by Gasteiger charge is 2.17. The minimum absolute atomic E-state index is 0.272. The van der Waals surface area contributed by atoms with Crippen molar-refractivity contribution in [2.45, 2.75) is 27.7 Å². The molecule has 0 radical (unpaired) electrons. The zero-order valence-electron chi connectivity index (χ0n) is 17.0. The highest BCUT2D eigenvalue weighted by atomic mass is 16.5. The van der Waals surface area contributed by atoms with Gasteiger partial charge in [0.25, 0.3) is 5.91 Å². The Balaban J connectivity index is 1.47. The van der Waals surface area contributed by atoms with Crippen molar-refractivity contribution in [3.05, 3.63) is 71.4 Å². The van der Waals surface area contributed by atoms with E-state index in [1.807, 2.05) is 18.4 Å². The summed E-state index contributed by atoms with van der Waals surface area (Å²) < 4.78 is 12.7. The molecular weight excluding hydrogens is 384 g/mol. The van der Waals surface area contributed by atoms with Crippen LogP contribution in [0.5, 0.6) is 11.6 Å². The third-order valence-corrected chi connectivity index (χ3v) is 4.72. The number of imidazole rings is 1. The lowest BCUT2D eigenvalue weighted by Gasteiger charge is -2.09. The van der Waals surface area contributed by atoms with Gasteiger partial charge in [-0.2, -0.15) is 0 Å². The molecule has 3 heterocycles. The first-order valence-corrected chi connectivity index (χ1v) is 9.27. The molecule has 0 spiro atoms. The van der Waals surface area contributed by atoms with Gasteiger partial charge in [0.2, 0.25) is 5.88 Å². The molecule has 0 atom stereocenters. The molecule has 30 heavy (non-hydrogen) atoms. The molecule has 9 nitrogen and oxygen atoms in total. The monoisotopic (exact) mass is 404 g/mol. The van der Waals surface area contributed by atoms with Crippen LogP contribution in [-0.4, -0.2) is 30.6 Å². The van der Waals surface area contributed by atoms with Crippen molar-refractivity contribution < 1.29 is 14.1 Å². The number of carbonyl (C=O) groups is 1. The molecule has 0 saturated heterocycles. The van der Waals surface area contributed by atoms with Gasteiger partial charge in [0.1, 0.15) is 35.5 Å². The molecular formula is C21H20N6O3. The number of nitrogens with zero attached hydrogens (tertiary/aromatic N) is 5. The SMILES string of the molecule is Cc1noc(C)c1C(=O)Nc1ccc(Oc2cc(-n3cnc(C)c3C)ncn2)cc1. The number of benzene rings is 1. The Morgan fingerprint density at radius 3 is 2.43 bits per heavy atom. The number of ether oxygens (including phenoxy) is 1. The van der Waals surface area contributed by atoms with Crippen molar-refractivity contribution in [2.24, 2.45) is 0 Å². The Hall–Kier alpha value is -4.01. The van der Waals surface area contributed by atoms with E-state index in [1.165, 1.54) is 6.33 Å². The van der Waals surface area contributed by atoms with Gasteiger partial charge in [0.15, 0.2) is 0 Å². The molecule has 3 aromatic heterocycles. The maximum absolute atomic E-state index is 12.4. The van der Waals surface area contributed by atoms with Gasteiger partial charge < -0.3 is 14.6 Å². The number of aryl methyl sites for hydroxylation is 3. The van der Waals surface area contributed by atoms with Crippen LogP contribution in [0, 0.1) is 27.7 Å². The predicted molar refractivity (Wildman–Crippen MR) is 109 cm³/mol. The smallest absolute Gasteiger partial charge is 0.261 e. The number of rotatable bonds is 5. The summed E-state index contributed by atoms with van der Waals surface area (Å²) in [6.45, 7) is 7.34. The first-order chi connectivity index (χ1) is 14.4. The van der Waals surface area contributed by atoms with E-state index in [-0.39, 0.29) is 5.91 Å². The van der Waals surface area contributed by atoms with E-state index >= 15 is 0 Å². The van der Waals surface area contributed by atoms with Crippen molar-refractivity contribution in [2.75, 3.05) is 5.32 Å². The Morgan fingerprint density at radius 2 is 1.80 bits per heavy atom. The average molecular weight is 404 g/mol. The van der Waals surface area contributed by atoms with Gasteiger partial charge in [-0.15, -0.1) is 0 Å². The molecule has 1 N–H and O–H groups in total. The number of amides is 1. The quantitative estimate of drug-likeness (QED) is 0.537. The van der Waals surface area contributed by atoms with Crippen LogP contribution in [-0.2, 0) is 0 Å². The minimum Gasteiger partial charge on any atom is -0.439 e. The van der Waals surface area contributed by atoms with Crippen LogP contribution in [0.4, 0.5) is 5.69 Å². The standard InChI is InChI=1S/C21H20N6O3/c1-12-14(3)27(11-24-12)18-9-19(23-10-22-18)29-17-7-5-16(6-8-17)25-21(28)20-13(2)26-30-15(20)4/h5-11H,1-4H3,(H,25,28). The maximum Gasteiger partial charge on any atom is 0.261 e. The third-order valence-electron chi connectivity index (χ3n) is 4.72. The van der Waals surface area contributed by atoms with E-state index in [1.54, 1.807) is 50.5 Å². The molecule has 9 heteroatoms. The molecule has 0 aliphatic heterocycles. The van der Waals surface area contributed by atoms with Crippen molar-refractivity contribution in [3.8, 4) is 17.4 Å². The second kappa shape index (κ2) is 7.78. The summed E-state index contributed by atoms with van der Waals surface area (Å²) in [7, 11) is 0. The second-order valence-corrected chi connectivity index (χ2v) is 6.78. The lowest BCUT2D eigenvalue weighted by atomic mass is 10.2. The topological polar surface area (TPSA) is 108 Å². The molecule has 0 aliphatic carbocycles. The van der Waals surface area contributed by atoms with Gasteiger partial charge >= 0.3 is 0 Å². The average Bonchev–Trinajstić information content (AvgIpc) is 3.24. The lowest BCUT2D eigenvalue weighted by Crippen LogP contribution is -2.13. The normalized spacial score (nSPS) is 10.8. The highest BCUT2D eigenvalue weighted by Crippen LogP contribution is 2.24. The summed E-state index contributed by atoms with van der Waals surface area (Å²) in [6, 6.07) is 8.73. The van der Waals surface area contributed by atoms with Crippen LogP contribution in [0.3, 0.4) is 0 Å². The van der Waals surface area contributed by atoms with Crippen LogP contribution in [0.15, 0.2) is 47.5 Å². The molecule has 4 aromatic rings. The van der Waals surface area contributed by atoms with E-state index in [9.17, 15) is 4.79 Å². The molecule has 4 rings (SSSR count). The third kappa shape index (κ3) is 3.77. The van der Waals surface area contributed by atoms with E-state index in [0.29, 0.717) is 40.2 Å². The zero-order valence-corrected chi connectivity index (χ0v) is 17.0. The minimum atomic E-state index is -0.272. The molecule has 0 aliphatic rings. The first kappa shape index (κ1) is 19.3. The molecule has 152 valence electrons. The molecule has 1 aromatic carbocycles. The van der Waals surface area contributed by atoms with Gasteiger partial charge in [0.05, 0.1) is 11.4 Å². The number of carbonyl (C=O) groups excluding carboxylic acids is 1. The van der Waals surface area contributed by atoms with Crippen molar-refractivity contribution in [1.29, 1.82) is 0 Å². The summed E-state index contributed by atoms with van der Waals surface area (Å²) in [4.78, 5) is 25.2. The van der Waals surface area contributed by atoms with E-state index in [2.05, 4.69) is 25.4 Å². The number of nitrogens with one attached hydrogen (secondary N) is 1. The first-order valence-electron chi connectivity index (χ1n) is 9.27. The summed E-state index contributed by atoms with van der Waals surface area (Å²) in [5.74, 6) is 1.85. The van der Waals surface area contributed by atoms with Gasteiger partial charge in [-0.25, -0.2) is 15.0 Å². The predicted octanol–water partition coefficient (Wildman–Crippen LogP) is 3.93. The van der Waals surface area contributed by atoms with Crippen molar-refractivity contribution in [1.82, 2.24) is 24.7 Å². The maximum atomic E-state index is 12.4. The van der Waals surface area contributed by atoms with Gasteiger partial charge in [0, 0.05) is 17.4 Å². The fourth-order valence-corrected chi connectivity index (χ4v) is 2.97. The summed E-state index contributed by atoms with van der Waals surface area (Å²) in [5, 5.41) is 6.63. The van der Waals surface area contributed by atoms with Crippen molar-refractivity contribution in [3.63, 3.8) is 0 Å². The van der Waals surface area contributed by atoms with Gasteiger partial charge in [-0.1, -0.05) is 5.16 Å². The highest BCUT2D eigenvalue weighted by molar-refractivity contribution is 6.05. The van der Waals surface area contributed by atoms with Crippen LogP contribution in [0.2, 0.25) is 0 Å². The van der Waals surface area contributed by atoms with E-state index < -0.39 is 0 Å². The molecule has 0 saturated carbocycles. The summed E-state index contributed by atoms with van der Waals surface area (Å²) in [5.41, 5.74) is 3.55. The lowest BCUT2D eigenvalue weighted by molar-refractivity contribution is 0.102. The number of aromatic nitrogens is 5. The zero-order chi connectivity index (χ0) is 21.3. The number of anilines is 1. The van der Waals surface area contributed by atoms with E-state index in [4.69, 9.17) is 9.26 Å². The molecule has 0 bridgehead atoms. The van der Waals surface area contributed by atoms with Gasteiger partial charge in [-0.3, -0.25) is 9.36 Å².